The van der Waals surface area contributed by atoms with Crippen molar-refractivity contribution in [3.63, 3.8) is 0 Å². The van der Waals surface area contributed by atoms with Crippen LogP contribution in [0.2, 0.25) is 0 Å². The van der Waals surface area contributed by atoms with Crippen LogP contribution in [0.15, 0.2) is 18.2 Å². The first-order chi connectivity index (χ1) is 8.19. The molecule has 0 aromatic heterocycles. The van der Waals surface area contributed by atoms with Gasteiger partial charge in [0.15, 0.2) is 11.6 Å². The first kappa shape index (κ1) is 14.0. The van der Waals surface area contributed by atoms with Crippen molar-refractivity contribution in [1.29, 1.82) is 0 Å². The Labute approximate surface area is 103 Å². The summed E-state index contributed by atoms with van der Waals surface area (Å²) in [6.07, 6.45) is 2.31. The fourth-order valence-corrected chi connectivity index (χ4v) is 1.67. The number of halogens is 1. The zero-order valence-corrected chi connectivity index (χ0v) is 10.9. The number of unbranched alkanes of at least 4 members (excludes halogenated alkanes) is 1. The summed E-state index contributed by atoms with van der Waals surface area (Å²) in [6.45, 7) is 7.50. The van der Waals surface area contributed by atoms with Crippen LogP contribution >= 0.6 is 0 Å². The van der Waals surface area contributed by atoms with E-state index in [0.29, 0.717) is 12.4 Å². The van der Waals surface area contributed by atoms with Crippen molar-refractivity contribution < 1.29 is 9.13 Å². The molecule has 0 spiro atoms. The third kappa shape index (κ3) is 4.35. The van der Waals surface area contributed by atoms with E-state index in [4.69, 9.17) is 4.74 Å². The average Bonchev–Trinajstić information content (AvgIpc) is 2.32. The fourth-order valence-electron chi connectivity index (χ4n) is 1.67. The lowest BCUT2D eigenvalue weighted by Crippen LogP contribution is -2.19. The molecule has 0 bridgehead atoms. The van der Waals surface area contributed by atoms with Crippen LogP contribution in [0, 0.1) is 5.82 Å². The van der Waals surface area contributed by atoms with E-state index in [1.807, 2.05) is 19.9 Å². The highest BCUT2D eigenvalue weighted by Crippen LogP contribution is 2.22. The van der Waals surface area contributed by atoms with Gasteiger partial charge in [-0.3, -0.25) is 0 Å². The van der Waals surface area contributed by atoms with Gasteiger partial charge in [-0.25, -0.2) is 4.39 Å². The molecule has 0 aliphatic heterocycles. The summed E-state index contributed by atoms with van der Waals surface area (Å²) in [5.74, 6) is 0.0468. The molecule has 0 saturated heterocycles. The summed E-state index contributed by atoms with van der Waals surface area (Å²) in [6, 6.07) is 5.34. The van der Waals surface area contributed by atoms with Crippen LogP contribution in [0.3, 0.4) is 0 Å². The molecule has 0 radical (unpaired) electrons. The second kappa shape index (κ2) is 7.28. The third-order valence-corrected chi connectivity index (χ3v) is 2.74. The van der Waals surface area contributed by atoms with E-state index < -0.39 is 0 Å². The number of ether oxygens (including phenoxy) is 1. The molecule has 0 saturated carbocycles. The van der Waals surface area contributed by atoms with Crippen molar-refractivity contribution >= 4 is 0 Å². The van der Waals surface area contributed by atoms with E-state index in [1.165, 1.54) is 0 Å². The molecule has 0 heterocycles. The molecule has 3 heteroatoms. The summed E-state index contributed by atoms with van der Waals surface area (Å²) in [4.78, 5) is 0. The Hall–Kier alpha value is -1.09. The molecule has 1 N–H and O–H groups in total. The van der Waals surface area contributed by atoms with Gasteiger partial charge in [-0.15, -0.1) is 0 Å². The SMILES string of the molecule is CCCCN[C@H](C)c1ccc(OCC)c(F)c1. The van der Waals surface area contributed by atoms with Gasteiger partial charge < -0.3 is 10.1 Å². The zero-order valence-electron chi connectivity index (χ0n) is 10.9. The Morgan fingerprint density at radius 1 is 1.35 bits per heavy atom. The highest BCUT2D eigenvalue weighted by molar-refractivity contribution is 5.30. The second-order valence-corrected chi connectivity index (χ2v) is 4.15. The van der Waals surface area contributed by atoms with Crippen molar-refractivity contribution in [2.75, 3.05) is 13.2 Å². The van der Waals surface area contributed by atoms with E-state index in [9.17, 15) is 4.39 Å². The number of hydrogen-bond donors (Lipinski definition) is 1. The van der Waals surface area contributed by atoms with Gasteiger partial charge in [0.05, 0.1) is 6.61 Å². The highest BCUT2D eigenvalue weighted by atomic mass is 19.1. The minimum Gasteiger partial charge on any atom is -0.491 e. The fraction of sp³-hybridized carbons (Fsp3) is 0.571. The van der Waals surface area contributed by atoms with Crippen LogP contribution < -0.4 is 10.1 Å². The molecule has 0 aliphatic carbocycles. The molecule has 0 unspecified atom stereocenters. The Balaban J connectivity index is 2.62. The Morgan fingerprint density at radius 2 is 2.12 bits per heavy atom. The number of hydrogen-bond acceptors (Lipinski definition) is 2. The predicted molar refractivity (Wildman–Crippen MR) is 68.9 cm³/mol. The largest absolute Gasteiger partial charge is 0.491 e. The molecule has 1 rings (SSSR count). The molecule has 0 amide bonds. The van der Waals surface area contributed by atoms with E-state index in [1.54, 1.807) is 12.1 Å². The highest BCUT2D eigenvalue weighted by Gasteiger charge is 2.09. The van der Waals surface area contributed by atoms with E-state index >= 15 is 0 Å². The van der Waals surface area contributed by atoms with Gasteiger partial charge in [-0.1, -0.05) is 19.4 Å². The first-order valence-corrected chi connectivity index (χ1v) is 6.34. The number of benzene rings is 1. The molecule has 1 aromatic carbocycles. The monoisotopic (exact) mass is 239 g/mol. The predicted octanol–water partition coefficient (Wildman–Crippen LogP) is 3.68. The maximum Gasteiger partial charge on any atom is 0.165 e. The summed E-state index contributed by atoms with van der Waals surface area (Å²) in [5, 5.41) is 3.37. The zero-order chi connectivity index (χ0) is 12.7. The maximum atomic E-state index is 13.6. The van der Waals surface area contributed by atoms with Gasteiger partial charge in [0, 0.05) is 6.04 Å². The Morgan fingerprint density at radius 3 is 2.71 bits per heavy atom. The van der Waals surface area contributed by atoms with E-state index in [0.717, 1.165) is 24.9 Å². The van der Waals surface area contributed by atoms with Gasteiger partial charge in [0.1, 0.15) is 0 Å². The molecular weight excluding hydrogens is 217 g/mol. The van der Waals surface area contributed by atoms with Gasteiger partial charge in [0.2, 0.25) is 0 Å². The van der Waals surface area contributed by atoms with Crippen molar-refractivity contribution in [2.24, 2.45) is 0 Å². The molecule has 1 aromatic rings. The molecule has 17 heavy (non-hydrogen) atoms. The topological polar surface area (TPSA) is 21.3 Å². The van der Waals surface area contributed by atoms with Crippen LogP contribution in [0.4, 0.5) is 4.39 Å². The van der Waals surface area contributed by atoms with Crippen LogP contribution in [0.25, 0.3) is 0 Å². The first-order valence-electron chi connectivity index (χ1n) is 6.34. The summed E-state index contributed by atoms with van der Waals surface area (Å²) in [5.41, 5.74) is 0.960. The third-order valence-electron chi connectivity index (χ3n) is 2.74. The Bertz CT molecular complexity index is 341. The molecule has 96 valence electrons. The minimum atomic E-state index is -0.284. The van der Waals surface area contributed by atoms with Gasteiger partial charge >= 0.3 is 0 Å². The van der Waals surface area contributed by atoms with Crippen molar-refractivity contribution in [1.82, 2.24) is 5.32 Å². The lowest BCUT2D eigenvalue weighted by atomic mass is 10.1. The van der Waals surface area contributed by atoms with Gasteiger partial charge in [0.25, 0.3) is 0 Å². The van der Waals surface area contributed by atoms with Crippen LogP contribution in [0.1, 0.15) is 45.2 Å². The maximum absolute atomic E-state index is 13.6. The summed E-state index contributed by atoms with van der Waals surface area (Å²) in [7, 11) is 0. The van der Waals surface area contributed by atoms with Crippen LogP contribution in [0.5, 0.6) is 5.75 Å². The number of rotatable bonds is 7. The molecule has 0 aliphatic rings. The number of nitrogens with one attached hydrogen (secondary N) is 1. The molecule has 0 fully saturated rings. The average molecular weight is 239 g/mol. The van der Waals surface area contributed by atoms with E-state index in [2.05, 4.69) is 12.2 Å². The summed E-state index contributed by atoms with van der Waals surface area (Å²) >= 11 is 0. The Kier molecular flexibility index (Phi) is 5.98. The van der Waals surface area contributed by atoms with Gasteiger partial charge in [-0.2, -0.15) is 0 Å². The lowest BCUT2D eigenvalue weighted by molar-refractivity contribution is 0.321. The molecular formula is C14H22FNO. The van der Waals surface area contributed by atoms with Crippen LogP contribution in [-0.4, -0.2) is 13.2 Å². The van der Waals surface area contributed by atoms with Gasteiger partial charge in [-0.05, 0) is 44.5 Å². The minimum absolute atomic E-state index is 0.173. The van der Waals surface area contributed by atoms with Crippen molar-refractivity contribution in [3.05, 3.63) is 29.6 Å². The lowest BCUT2D eigenvalue weighted by Gasteiger charge is -2.15. The molecule has 2 nitrogen and oxygen atoms in total. The smallest absolute Gasteiger partial charge is 0.165 e. The normalized spacial score (nSPS) is 12.5. The van der Waals surface area contributed by atoms with Crippen LogP contribution in [-0.2, 0) is 0 Å². The summed E-state index contributed by atoms with van der Waals surface area (Å²) < 4.78 is 18.8. The second-order valence-electron chi connectivity index (χ2n) is 4.15. The van der Waals surface area contributed by atoms with E-state index in [-0.39, 0.29) is 11.9 Å². The standard InChI is InChI=1S/C14H22FNO/c1-4-6-9-16-11(3)12-7-8-14(17-5-2)13(15)10-12/h7-8,10-11,16H,4-6,9H2,1-3H3/t11-/m1/s1. The van der Waals surface area contributed by atoms with Crippen molar-refractivity contribution in [2.45, 2.75) is 39.7 Å². The molecule has 1 atom stereocenters. The quantitative estimate of drug-likeness (QED) is 0.733. The van der Waals surface area contributed by atoms with Crippen molar-refractivity contribution in [3.8, 4) is 5.75 Å².